The molecule has 36 heavy (non-hydrogen) atoms. The summed E-state index contributed by atoms with van der Waals surface area (Å²) in [5.41, 5.74) is 1.65. The lowest BCUT2D eigenvalue weighted by atomic mass is 9.98. The molecule has 1 aromatic heterocycles. The fourth-order valence-corrected chi connectivity index (χ4v) is 5.60. The van der Waals surface area contributed by atoms with E-state index < -0.39 is 10.0 Å². The van der Waals surface area contributed by atoms with E-state index in [1.54, 1.807) is 49.4 Å². The molecule has 4 rings (SSSR count). The first-order chi connectivity index (χ1) is 17.3. The van der Waals surface area contributed by atoms with Crippen molar-refractivity contribution >= 4 is 39.3 Å². The number of nitrogens with zero attached hydrogens (tertiary/aromatic N) is 2. The Balaban J connectivity index is 1.38. The van der Waals surface area contributed by atoms with E-state index in [0.29, 0.717) is 36.0 Å². The number of sulfonamides is 1. The van der Waals surface area contributed by atoms with E-state index in [1.807, 2.05) is 0 Å². The first kappa shape index (κ1) is 25.9. The molecule has 0 aliphatic carbocycles. The lowest BCUT2D eigenvalue weighted by molar-refractivity contribution is -0.149. The summed E-state index contributed by atoms with van der Waals surface area (Å²) in [7, 11) is -3.81. The zero-order valence-corrected chi connectivity index (χ0v) is 21.2. The number of hydrogen-bond acceptors (Lipinski definition) is 8. The molecule has 0 unspecified atom stereocenters. The topological polar surface area (TPSA) is 119 Å². The van der Waals surface area contributed by atoms with Crippen LogP contribution in [0.4, 0.5) is 5.88 Å². The number of rotatable bonds is 9. The summed E-state index contributed by atoms with van der Waals surface area (Å²) in [6.07, 6.45) is 0.797. The van der Waals surface area contributed by atoms with Gasteiger partial charge in [0.25, 0.3) is 0 Å². The van der Waals surface area contributed by atoms with Gasteiger partial charge in [-0.3, -0.25) is 9.59 Å². The number of Topliss-reactive ketones (excluding diaryl/α,β-unsaturated/α-hetero) is 1. The number of ketones is 1. The van der Waals surface area contributed by atoms with Crippen LogP contribution in [0.15, 0.2) is 64.0 Å². The molecule has 0 amide bonds. The van der Waals surface area contributed by atoms with Crippen LogP contribution < -0.4 is 5.32 Å². The molecule has 0 saturated carbocycles. The molecule has 2 aromatic carbocycles. The molecule has 1 aliphatic heterocycles. The van der Waals surface area contributed by atoms with E-state index in [-0.39, 0.29) is 47.8 Å². The van der Waals surface area contributed by atoms with Gasteiger partial charge in [-0.15, -0.1) is 0 Å². The molecule has 0 radical (unpaired) electrons. The molecule has 9 nitrogen and oxygen atoms in total. The Labute approximate surface area is 214 Å². The van der Waals surface area contributed by atoms with Crippen LogP contribution in [0, 0.1) is 5.92 Å². The van der Waals surface area contributed by atoms with Crippen molar-refractivity contribution in [3.05, 3.63) is 65.2 Å². The third kappa shape index (κ3) is 5.95. The minimum Gasteiger partial charge on any atom is -0.466 e. The Kier molecular flexibility index (Phi) is 8.07. The van der Waals surface area contributed by atoms with Crippen LogP contribution in [-0.2, 0) is 19.6 Å². The lowest BCUT2D eigenvalue weighted by Gasteiger charge is -2.30. The predicted molar refractivity (Wildman–Crippen MR) is 134 cm³/mol. The van der Waals surface area contributed by atoms with Gasteiger partial charge in [-0.2, -0.15) is 4.31 Å². The second-order valence-corrected chi connectivity index (χ2v) is 10.7. The first-order valence-corrected chi connectivity index (χ1v) is 13.4. The molecular weight excluding hydrogens is 506 g/mol. The van der Waals surface area contributed by atoms with Gasteiger partial charge in [0.2, 0.25) is 15.9 Å². The van der Waals surface area contributed by atoms with Crippen molar-refractivity contribution in [2.75, 3.05) is 31.6 Å². The van der Waals surface area contributed by atoms with E-state index in [0.717, 1.165) is 5.56 Å². The van der Waals surface area contributed by atoms with Crippen molar-refractivity contribution in [2.24, 2.45) is 5.92 Å². The number of carbonyl (C=O) groups excluding carboxylic acids is 2. The highest BCUT2D eigenvalue weighted by atomic mass is 35.5. The van der Waals surface area contributed by atoms with E-state index in [1.165, 1.54) is 16.4 Å². The monoisotopic (exact) mass is 531 g/mol. The standard InChI is InChI=1S/C25H26ClN3O6S/c1-2-34-25(31)18-10-12-29(13-11-18)36(32,33)21-5-3-4-19(14-21)23(30)16-27-24-15-22(28-35-24)17-6-8-20(26)9-7-17/h3-9,14-15,18,27H,2,10-13,16H2,1H3. The molecule has 3 aromatic rings. The number of esters is 1. The predicted octanol–water partition coefficient (Wildman–Crippen LogP) is 4.25. The van der Waals surface area contributed by atoms with Crippen LogP contribution in [0.25, 0.3) is 11.3 Å². The van der Waals surface area contributed by atoms with E-state index in [9.17, 15) is 18.0 Å². The highest BCUT2D eigenvalue weighted by molar-refractivity contribution is 7.89. The van der Waals surface area contributed by atoms with Gasteiger partial charge in [-0.05, 0) is 44.0 Å². The van der Waals surface area contributed by atoms with Crippen molar-refractivity contribution in [1.82, 2.24) is 9.46 Å². The van der Waals surface area contributed by atoms with Gasteiger partial charge < -0.3 is 14.6 Å². The SMILES string of the molecule is CCOC(=O)C1CCN(S(=O)(=O)c2cccc(C(=O)CNc3cc(-c4ccc(Cl)cc4)no3)c2)CC1. The minimum absolute atomic E-state index is 0.0348. The molecule has 190 valence electrons. The normalized spacial score (nSPS) is 14.9. The summed E-state index contributed by atoms with van der Waals surface area (Å²) in [4.78, 5) is 24.7. The summed E-state index contributed by atoms with van der Waals surface area (Å²) in [5, 5.41) is 7.48. The Morgan fingerprint density at radius 2 is 1.86 bits per heavy atom. The maximum absolute atomic E-state index is 13.2. The Bertz CT molecular complexity index is 1330. The Morgan fingerprint density at radius 3 is 2.56 bits per heavy atom. The fourth-order valence-electron chi connectivity index (χ4n) is 3.96. The van der Waals surface area contributed by atoms with Crippen LogP contribution in [0.2, 0.25) is 5.02 Å². The van der Waals surface area contributed by atoms with Crippen LogP contribution in [0.3, 0.4) is 0 Å². The summed E-state index contributed by atoms with van der Waals surface area (Å²) in [6.45, 7) is 2.36. The molecule has 1 N–H and O–H groups in total. The van der Waals surface area contributed by atoms with Crippen LogP contribution in [0.1, 0.15) is 30.1 Å². The van der Waals surface area contributed by atoms with Crippen molar-refractivity contribution in [2.45, 2.75) is 24.7 Å². The molecule has 1 saturated heterocycles. The molecule has 1 aliphatic rings. The highest BCUT2D eigenvalue weighted by Crippen LogP contribution is 2.26. The van der Waals surface area contributed by atoms with Crippen LogP contribution >= 0.6 is 11.6 Å². The van der Waals surface area contributed by atoms with Crippen molar-refractivity contribution < 1.29 is 27.3 Å². The number of aromatic nitrogens is 1. The number of carbonyl (C=O) groups is 2. The van der Waals surface area contributed by atoms with E-state index in [2.05, 4.69) is 10.5 Å². The summed E-state index contributed by atoms with van der Waals surface area (Å²) < 4.78 is 37.9. The number of piperidine rings is 1. The van der Waals surface area contributed by atoms with Crippen molar-refractivity contribution in [3.8, 4) is 11.3 Å². The average Bonchev–Trinajstić information content (AvgIpc) is 3.37. The number of ether oxygens (including phenoxy) is 1. The van der Waals surface area contributed by atoms with E-state index >= 15 is 0 Å². The second kappa shape index (κ2) is 11.2. The van der Waals surface area contributed by atoms with Gasteiger partial charge in [0.1, 0.15) is 5.69 Å². The highest BCUT2D eigenvalue weighted by Gasteiger charge is 2.33. The fraction of sp³-hybridized carbons (Fsp3) is 0.320. The van der Waals surface area contributed by atoms with Crippen LogP contribution in [0.5, 0.6) is 0 Å². The summed E-state index contributed by atoms with van der Waals surface area (Å²) in [6, 6.07) is 14.7. The van der Waals surface area contributed by atoms with Crippen molar-refractivity contribution in [3.63, 3.8) is 0 Å². The summed E-state index contributed by atoms with van der Waals surface area (Å²) >= 11 is 5.91. The maximum Gasteiger partial charge on any atom is 0.309 e. The average molecular weight is 532 g/mol. The van der Waals surface area contributed by atoms with E-state index in [4.69, 9.17) is 20.9 Å². The number of hydrogen-bond donors (Lipinski definition) is 1. The number of benzene rings is 2. The maximum atomic E-state index is 13.2. The third-order valence-electron chi connectivity index (χ3n) is 5.94. The largest absolute Gasteiger partial charge is 0.466 e. The first-order valence-electron chi connectivity index (χ1n) is 11.5. The van der Waals surface area contributed by atoms with Gasteiger partial charge in [-0.25, -0.2) is 8.42 Å². The molecule has 11 heteroatoms. The third-order valence-corrected chi connectivity index (χ3v) is 8.09. The summed E-state index contributed by atoms with van der Waals surface area (Å²) in [5.74, 6) is -0.590. The smallest absolute Gasteiger partial charge is 0.309 e. The Morgan fingerprint density at radius 1 is 1.14 bits per heavy atom. The quantitative estimate of drug-likeness (QED) is 0.321. The van der Waals surface area contributed by atoms with Gasteiger partial charge in [0.05, 0.1) is 24.0 Å². The second-order valence-electron chi connectivity index (χ2n) is 8.32. The zero-order valence-electron chi connectivity index (χ0n) is 19.6. The molecule has 0 spiro atoms. The molecule has 0 bridgehead atoms. The van der Waals surface area contributed by atoms with Crippen LogP contribution in [-0.4, -0.2) is 55.9 Å². The minimum atomic E-state index is -3.81. The Hall–Kier alpha value is -3.21. The zero-order chi connectivity index (χ0) is 25.7. The van der Waals surface area contributed by atoms with Gasteiger partial charge in [0, 0.05) is 35.3 Å². The lowest BCUT2D eigenvalue weighted by Crippen LogP contribution is -2.40. The van der Waals surface area contributed by atoms with Gasteiger partial charge in [0.15, 0.2) is 5.78 Å². The molecular formula is C25H26ClN3O6S. The number of halogens is 1. The molecule has 1 fully saturated rings. The number of nitrogens with one attached hydrogen (secondary N) is 1. The number of anilines is 1. The molecule has 0 atom stereocenters. The molecule has 2 heterocycles. The van der Waals surface area contributed by atoms with Crippen molar-refractivity contribution in [1.29, 1.82) is 0 Å². The van der Waals surface area contributed by atoms with Gasteiger partial charge in [-0.1, -0.05) is 41.0 Å². The van der Waals surface area contributed by atoms with Gasteiger partial charge >= 0.3 is 5.97 Å².